The number of nitrogens with zero attached hydrogens (tertiary/aromatic N) is 12. The SMILES string of the molecule is Cc1nc(C(C)(C)C)c2c(C)c(C)[nH]c2c1C.Cc1nc(C(C)(C)C)c2c(C)c(C)oc2c1C.Cc1nc(C(C)(C)C)c2c(C)c(C)oc2n1.Cc1nc(C(C)(C)C)nc(C)c1C.Cc1nc(C(C)(C)C)oc1C.Cc1nc(C(C)(C)C)sc1C.Cc1nc(C)nc(C(C)(C)C)n1.Cc1oc2c(C)c(C(C)(C)C)nc(C)c2c1C. The zero-order chi connectivity index (χ0) is 87.8. The van der Waals surface area contributed by atoms with Crippen LogP contribution in [0.1, 0.15) is 347 Å². The van der Waals surface area contributed by atoms with Gasteiger partial charge in [0.05, 0.1) is 50.1 Å². The minimum Gasteiger partial charge on any atom is -0.461 e. The van der Waals surface area contributed by atoms with E-state index in [1.807, 2.05) is 80.6 Å². The minimum atomic E-state index is 0.00697. The van der Waals surface area contributed by atoms with Gasteiger partial charge in [-0.3, -0.25) is 15.0 Å². The monoisotopic (exact) mass is 1580 g/mol. The van der Waals surface area contributed by atoms with E-state index in [0.717, 1.165) is 137 Å². The molecule has 0 radical (unpaired) electrons. The fourth-order valence-corrected chi connectivity index (χ4v) is 13.5. The number of aryl methyl sites for hydroxylation is 23. The van der Waals surface area contributed by atoms with Crippen molar-refractivity contribution in [3.05, 3.63) is 181 Å². The van der Waals surface area contributed by atoms with Gasteiger partial charge in [0.15, 0.2) is 5.89 Å². The normalized spacial score (nSPS) is 12.2. The van der Waals surface area contributed by atoms with E-state index in [4.69, 9.17) is 32.6 Å². The number of oxazole rings is 1. The number of aromatic nitrogens is 13. The van der Waals surface area contributed by atoms with Crippen LogP contribution in [0.2, 0.25) is 0 Å². The van der Waals surface area contributed by atoms with Crippen LogP contribution in [0, 0.1) is 166 Å². The highest BCUT2D eigenvalue weighted by atomic mass is 32.1. The highest BCUT2D eigenvalue weighted by molar-refractivity contribution is 7.11. The van der Waals surface area contributed by atoms with Crippen molar-refractivity contribution in [3.8, 4) is 0 Å². The molecule has 0 spiro atoms. The first kappa shape index (κ1) is 96.2. The Hall–Kier alpha value is -8.38. The molecule has 624 valence electrons. The van der Waals surface area contributed by atoms with Crippen molar-refractivity contribution in [2.45, 2.75) is 376 Å². The smallest absolute Gasteiger partial charge is 0.230 e. The molecule has 0 atom stereocenters. The van der Waals surface area contributed by atoms with E-state index >= 15 is 0 Å². The predicted octanol–water partition coefficient (Wildman–Crippen LogP) is 26.4. The van der Waals surface area contributed by atoms with Crippen LogP contribution in [0.3, 0.4) is 0 Å². The van der Waals surface area contributed by atoms with E-state index in [0.29, 0.717) is 5.71 Å². The molecule has 0 aromatic carbocycles. The Morgan fingerprint density at radius 2 is 0.632 bits per heavy atom. The van der Waals surface area contributed by atoms with Crippen LogP contribution in [0.15, 0.2) is 17.7 Å². The van der Waals surface area contributed by atoms with E-state index in [1.54, 1.807) is 0 Å². The lowest BCUT2D eigenvalue weighted by atomic mass is 9.87. The van der Waals surface area contributed by atoms with Gasteiger partial charge in [-0.2, -0.15) is 4.98 Å². The molecule has 0 unspecified atom stereocenters. The highest BCUT2D eigenvalue weighted by Crippen LogP contribution is 2.40. The summed E-state index contributed by atoms with van der Waals surface area (Å²) < 4.78 is 22.9. The van der Waals surface area contributed by atoms with Crippen molar-refractivity contribution >= 4 is 55.3 Å². The van der Waals surface area contributed by atoms with Crippen LogP contribution in [-0.4, -0.2) is 64.8 Å². The molecule has 12 heterocycles. The molecule has 12 aromatic heterocycles. The van der Waals surface area contributed by atoms with Crippen LogP contribution < -0.4 is 0 Å². The maximum atomic E-state index is 5.91. The van der Waals surface area contributed by atoms with Gasteiger partial charge in [0.25, 0.3) is 0 Å². The Bertz CT molecular complexity index is 5140. The molecule has 0 saturated heterocycles. The van der Waals surface area contributed by atoms with Gasteiger partial charge in [0.1, 0.15) is 63.3 Å². The summed E-state index contributed by atoms with van der Waals surface area (Å²) in [5, 5.41) is 6.03. The Balaban J connectivity index is 0.000000234. The summed E-state index contributed by atoms with van der Waals surface area (Å²) in [6, 6.07) is 0. The predicted molar refractivity (Wildman–Crippen MR) is 480 cm³/mol. The van der Waals surface area contributed by atoms with E-state index in [2.05, 4.69) is 313 Å². The molecule has 1 N–H and O–H groups in total. The van der Waals surface area contributed by atoms with Gasteiger partial charge >= 0.3 is 0 Å². The summed E-state index contributed by atoms with van der Waals surface area (Å²) in [4.78, 5) is 58.7. The third-order valence-electron chi connectivity index (χ3n) is 20.6. The Labute approximate surface area is 690 Å². The number of H-pyrrole nitrogens is 1. The molecule has 0 aliphatic heterocycles. The van der Waals surface area contributed by atoms with E-state index in [1.165, 1.54) is 82.0 Å². The van der Waals surface area contributed by atoms with Crippen LogP contribution in [-0.2, 0) is 43.3 Å². The van der Waals surface area contributed by atoms with Crippen LogP contribution >= 0.6 is 11.3 Å². The molecule has 0 saturated carbocycles. The van der Waals surface area contributed by atoms with Gasteiger partial charge in [-0.1, -0.05) is 166 Å². The number of hydrogen-bond acceptors (Lipinski definition) is 17. The fraction of sp³-hybridized carbons (Fsp3) is 0.583. The molecule has 12 aromatic rings. The quantitative estimate of drug-likeness (QED) is 0.149. The number of thiazole rings is 1. The molecule has 0 aliphatic rings. The van der Waals surface area contributed by atoms with E-state index in [9.17, 15) is 0 Å². The Morgan fingerprint density at radius 1 is 0.246 bits per heavy atom. The van der Waals surface area contributed by atoms with Crippen molar-refractivity contribution in [1.29, 1.82) is 0 Å². The first-order valence-electron chi connectivity index (χ1n) is 40.4. The molecule has 0 amide bonds. The third-order valence-corrected chi connectivity index (χ3v) is 22.1. The maximum absolute atomic E-state index is 5.91. The van der Waals surface area contributed by atoms with Crippen molar-refractivity contribution in [1.82, 2.24) is 64.8 Å². The van der Waals surface area contributed by atoms with Gasteiger partial charge in [0.2, 0.25) is 5.71 Å². The topological polar surface area (TPSA) is 223 Å². The van der Waals surface area contributed by atoms with E-state index < -0.39 is 0 Å². The van der Waals surface area contributed by atoms with Crippen molar-refractivity contribution < 1.29 is 17.7 Å². The van der Waals surface area contributed by atoms with Gasteiger partial charge in [-0.25, -0.2) is 39.9 Å². The van der Waals surface area contributed by atoms with Gasteiger partial charge < -0.3 is 22.7 Å². The standard InChI is InChI=1S/C15H22N2.2C15H21NO.C13H18N2O.C11H18N2.C9H15N3.C9H15NO.C9H15NS/c1-8-10(3)16-13-9(2)11(4)17-14(12(8)13)15(5,6)7;1-8-11(4)17-13-9(2)14(15(5,6)7)16-10(3)12(8)13;1-8-10(3)16-14(15(5,6)7)12-9(2)11(4)17-13(8)12;1-7-8(2)16-12-10(7)11(13(4,5)6)14-9(3)15-12;1-7-8(2)12-10(11(4,5)6)13-9(7)3;1-6-10-7(2)12-8(11-6)9(3,4)5;2*1-6-7(2)11-8(10-6)9(3,4)5/h16H,1-7H3;2*1-7H3;1-6H3;1-6H3;1-5H3;2*1-5H3. The van der Waals surface area contributed by atoms with Crippen LogP contribution in [0.25, 0.3) is 43.9 Å². The number of fused-ring (bicyclic) bond motifs is 4. The van der Waals surface area contributed by atoms with Crippen molar-refractivity contribution in [3.63, 3.8) is 0 Å². The lowest BCUT2D eigenvalue weighted by molar-refractivity contribution is 0.380. The molecular weight excluding hydrogens is 1430 g/mol. The van der Waals surface area contributed by atoms with E-state index in [-0.39, 0.29) is 43.3 Å². The third kappa shape index (κ3) is 23.5. The number of aromatic amines is 1. The molecular formula is C96H145N13O4S. The molecule has 12 rings (SSSR count). The average Bonchev–Trinajstić information content (AvgIpc) is 1.59. The summed E-state index contributed by atoms with van der Waals surface area (Å²) in [6.07, 6.45) is 0. The second-order valence-corrected chi connectivity index (χ2v) is 40.8. The first-order chi connectivity index (χ1) is 51.5. The molecule has 0 aliphatic carbocycles. The summed E-state index contributed by atoms with van der Waals surface area (Å²) >= 11 is 1.81. The largest absolute Gasteiger partial charge is 0.461 e. The maximum Gasteiger partial charge on any atom is 0.230 e. The molecule has 17 nitrogen and oxygen atoms in total. The summed E-state index contributed by atoms with van der Waals surface area (Å²) in [5.74, 6) is 8.86. The zero-order valence-electron chi connectivity index (χ0n) is 79.9. The number of nitrogens with one attached hydrogen (secondary N) is 1. The summed E-state index contributed by atoms with van der Waals surface area (Å²) in [5.41, 5.74) is 27.6. The summed E-state index contributed by atoms with van der Waals surface area (Å²) in [6.45, 7) is 101. The summed E-state index contributed by atoms with van der Waals surface area (Å²) in [7, 11) is 0. The average molecular weight is 1580 g/mol. The second kappa shape index (κ2) is 35.6. The van der Waals surface area contributed by atoms with Crippen LogP contribution in [0.5, 0.6) is 0 Å². The Kier molecular flexibility index (Phi) is 30.0. The zero-order valence-corrected chi connectivity index (χ0v) is 80.7. The fourth-order valence-electron chi connectivity index (χ4n) is 12.5. The van der Waals surface area contributed by atoms with Crippen molar-refractivity contribution in [2.24, 2.45) is 0 Å². The lowest BCUT2D eigenvalue weighted by Gasteiger charge is -2.21. The van der Waals surface area contributed by atoms with Crippen LogP contribution in [0.4, 0.5) is 0 Å². The first-order valence-corrected chi connectivity index (χ1v) is 41.2. The molecule has 114 heavy (non-hydrogen) atoms. The number of rotatable bonds is 0. The highest BCUT2D eigenvalue weighted by Gasteiger charge is 2.30. The number of furan rings is 3. The molecule has 0 bridgehead atoms. The minimum absolute atomic E-state index is 0.00697. The number of hydrogen-bond donors (Lipinski definition) is 1. The molecule has 0 fully saturated rings. The second-order valence-electron chi connectivity index (χ2n) is 39.6. The molecule has 18 heteroatoms. The van der Waals surface area contributed by atoms with Gasteiger partial charge in [-0.15, -0.1) is 11.3 Å². The number of pyridine rings is 3. The van der Waals surface area contributed by atoms with Crippen molar-refractivity contribution in [2.75, 3.05) is 0 Å². The van der Waals surface area contributed by atoms with Gasteiger partial charge in [0, 0.05) is 115 Å². The van der Waals surface area contributed by atoms with Gasteiger partial charge in [-0.05, 0) is 194 Å². The Morgan fingerprint density at radius 3 is 1.03 bits per heavy atom. The lowest BCUT2D eigenvalue weighted by Crippen LogP contribution is -2.18.